The molecule has 3 heterocycles. The first-order chi connectivity index (χ1) is 18.2. The Morgan fingerprint density at radius 1 is 1.21 bits per heavy atom. The summed E-state index contributed by atoms with van der Waals surface area (Å²) in [6, 6.07) is 1.64. The summed E-state index contributed by atoms with van der Waals surface area (Å²) in [5.74, 6) is -3.70. The van der Waals surface area contributed by atoms with E-state index < -0.39 is 76.0 Å². The Kier molecular flexibility index (Phi) is 6.20. The highest BCUT2D eigenvalue weighted by atomic mass is 16.6. The van der Waals surface area contributed by atoms with Crippen LogP contribution in [0.2, 0.25) is 0 Å². The van der Waals surface area contributed by atoms with Crippen molar-refractivity contribution >= 4 is 23.7 Å². The van der Waals surface area contributed by atoms with Crippen molar-refractivity contribution in [3.63, 3.8) is 0 Å². The predicted molar refractivity (Wildman–Crippen MR) is 134 cm³/mol. The maximum Gasteiger partial charge on any atom is 0.309 e. The maximum absolute atomic E-state index is 14.7. The number of esters is 3. The van der Waals surface area contributed by atoms with E-state index in [9.17, 15) is 24.3 Å². The minimum Gasteiger partial charge on any atom is -0.472 e. The minimum atomic E-state index is -1.47. The largest absolute Gasteiger partial charge is 0.472 e. The summed E-state index contributed by atoms with van der Waals surface area (Å²) < 4.78 is 28.7. The molecule has 5 rings (SSSR count). The lowest BCUT2D eigenvalue weighted by molar-refractivity contribution is -0.272. The summed E-state index contributed by atoms with van der Waals surface area (Å²) in [5, 5.41) is 11.9. The van der Waals surface area contributed by atoms with Gasteiger partial charge in [0.05, 0.1) is 61.4 Å². The summed E-state index contributed by atoms with van der Waals surface area (Å²) in [6.07, 6.45) is -1.23. The number of fused-ring (bicyclic) bond motifs is 2. The number of methoxy groups -OCH3 is 1. The number of hydrogen-bond donors (Lipinski definition) is 1. The third kappa shape index (κ3) is 3.46. The van der Waals surface area contributed by atoms with Crippen molar-refractivity contribution in [2.24, 2.45) is 28.1 Å². The van der Waals surface area contributed by atoms with E-state index in [1.165, 1.54) is 26.6 Å². The van der Waals surface area contributed by atoms with Crippen molar-refractivity contribution < 1.29 is 47.6 Å². The van der Waals surface area contributed by atoms with Crippen molar-refractivity contribution in [3.05, 3.63) is 36.3 Å². The lowest BCUT2D eigenvalue weighted by Crippen LogP contribution is -2.67. The Bertz CT molecular complexity index is 1230. The SMILES string of the molecule is C=C1[C@@H]2C(=O)[C@@]3(C)[C@H](CC(=O)OC)C(C)(C)[C@@H](OC(C)=O)C[C@H]3O[C@]13CC(=O)O[C@H](c1ccoc1)[C@@]3(C)[C@@H]2O. The Morgan fingerprint density at radius 2 is 1.90 bits per heavy atom. The van der Waals surface area contributed by atoms with Crippen molar-refractivity contribution in [3.8, 4) is 0 Å². The molecule has 9 atom stereocenters. The number of Topliss-reactive ketones (excluding diaryl/α,β-unsaturated/α-hetero) is 1. The van der Waals surface area contributed by atoms with Crippen LogP contribution in [-0.2, 0) is 38.1 Å². The van der Waals surface area contributed by atoms with E-state index in [0.717, 1.165) is 0 Å². The number of hydrogen-bond acceptors (Lipinski definition) is 10. The molecule has 0 unspecified atom stereocenters. The van der Waals surface area contributed by atoms with Gasteiger partial charge >= 0.3 is 17.9 Å². The quantitative estimate of drug-likeness (QED) is 0.342. The van der Waals surface area contributed by atoms with Gasteiger partial charge in [-0.3, -0.25) is 19.2 Å². The number of furan rings is 1. The van der Waals surface area contributed by atoms with E-state index in [2.05, 4.69) is 6.58 Å². The molecule has 0 radical (unpaired) electrons. The zero-order valence-corrected chi connectivity index (χ0v) is 23.1. The number of aliphatic hydroxyl groups excluding tert-OH is 1. The molecule has 2 saturated heterocycles. The van der Waals surface area contributed by atoms with Gasteiger partial charge in [-0.2, -0.15) is 0 Å². The Labute approximate surface area is 227 Å². The monoisotopic (exact) mass is 544 g/mol. The van der Waals surface area contributed by atoms with Crippen molar-refractivity contribution in [1.82, 2.24) is 0 Å². The van der Waals surface area contributed by atoms with Gasteiger partial charge in [-0.15, -0.1) is 0 Å². The minimum absolute atomic E-state index is 0.136. The molecule has 212 valence electrons. The fraction of sp³-hybridized carbons (Fsp3) is 0.655. The van der Waals surface area contributed by atoms with Crippen LogP contribution in [-0.4, -0.2) is 59.8 Å². The van der Waals surface area contributed by atoms with Gasteiger partial charge in [0.15, 0.2) is 5.78 Å². The lowest BCUT2D eigenvalue weighted by Gasteiger charge is -2.60. The number of carbonyl (C=O) groups is 4. The summed E-state index contributed by atoms with van der Waals surface area (Å²) in [7, 11) is 1.27. The van der Waals surface area contributed by atoms with Gasteiger partial charge in [0, 0.05) is 24.3 Å². The van der Waals surface area contributed by atoms with E-state index in [4.69, 9.17) is 23.4 Å². The van der Waals surface area contributed by atoms with Crippen LogP contribution >= 0.6 is 0 Å². The number of carbonyl (C=O) groups excluding carboxylic acids is 4. The first kappa shape index (κ1) is 27.6. The highest BCUT2D eigenvalue weighted by molar-refractivity contribution is 5.94. The van der Waals surface area contributed by atoms with Gasteiger partial charge in [-0.1, -0.05) is 27.4 Å². The highest BCUT2D eigenvalue weighted by Crippen LogP contribution is 2.70. The fourth-order valence-electron chi connectivity index (χ4n) is 8.10. The van der Waals surface area contributed by atoms with E-state index in [-0.39, 0.29) is 25.0 Å². The summed E-state index contributed by atoms with van der Waals surface area (Å²) in [5.41, 5.74) is -4.07. The molecule has 2 saturated carbocycles. The van der Waals surface area contributed by atoms with Gasteiger partial charge in [-0.05, 0) is 24.5 Å². The standard InChI is InChI=1S/C29H36O10/c1-14-22-23(33)27(5)17(10-20(31)35-7)26(3,4)18(37-15(2)30)11-19(27)39-29(14)12-21(32)38-25(16-8-9-36-13-16)28(29,6)24(22)34/h8-9,13,17-19,22,24-25,34H,1,10-12H2,2-7H3/t17-,18+,19-,22-,24-,25-,27+,28-,29-/m1/s1. The molecule has 1 N–H and O–H groups in total. The van der Waals surface area contributed by atoms with E-state index in [1.54, 1.807) is 19.9 Å². The smallest absolute Gasteiger partial charge is 0.309 e. The molecule has 1 aromatic heterocycles. The second-order valence-corrected chi connectivity index (χ2v) is 12.4. The van der Waals surface area contributed by atoms with Crippen molar-refractivity contribution in [1.29, 1.82) is 0 Å². The maximum atomic E-state index is 14.7. The molecule has 2 aliphatic heterocycles. The Morgan fingerprint density at radius 3 is 2.49 bits per heavy atom. The molecular weight excluding hydrogens is 508 g/mol. The molecule has 10 heteroatoms. The summed E-state index contributed by atoms with van der Waals surface area (Å²) in [4.78, 5) is 52.7. The van der Waals surface area contributed by atoms with Crippen LogP contribution in [0.15, 0.2) is 35.2 Å². The van der Waals surface area contributed by atoms with E-state index >= 15 is 0 Å². The predicted octanol–water partition coefficient (Wildman–Crippen LogP) is 3.07. The zero-order valence-electron chi connectivity index (χ0n) is 23.1. The molecule has 2 aliphatic carbocycles. The second kappa shape index (κ2) is 8.76. The number of aliphatic hydroxyl groups is 1. The molecular formula is C29H36O10. The zero-order chi connectivity index (χ0) is 28.7. The Hall–Kier alpha value is -2.98. The first-order valence-corrected chi connectivity index (χ1v) is 13.2. The van der Waals surface area contributed by atoms with Gasteiger partial charge in [0.25, 0.3) is 0 Å². The first-order valence-electron chi connectivity index (χ1n) is 13.2. The lowest BCUT2D eigenvalue weighted by atomic mass is 9.50. The number of ether oxygens (including phenoxy) is 4. The molecule has 0 aromatic carbocycles. The topological polar surface area (TPSA) is 139 Å². The highest BCUT2D eigenvalue weighted by Gasteiger charge is 2.78. The van der Waals surface area contributed by atoms with Gasteiger partial charge < -0.3 is 28.5 Å². The molecule has 10 nitrogen and oxygen atoms in total. The summed E-state index contributed by atoms with van der Waals surface area (Å²) >= 11 is 0. The molecule has 1 aromatic rings. The molecule has 1 spiro atoms. The van der Waals surface area contributed by atoms with Crippen LogP contribution in [0.3, 0.4) is 0 Å². The van der Waals surface area contributed by atoms with Crippen molar-refractivity contribution in [2.45, 2.75) is 83.9 Å². The van der Waals surface area contributed by atoms with Gasteiger partial charge in [0.2, 0.25) is 0 Å². The molecule has 39 heavy (non-hydrogen) atoms. The van der Waals surface area contributed by atoms with Gasteiger partial charge in [0.1, 0.15) is 17.8 Å². The molecule has 0 amide bonds. The molecule has 4 aliphatic rings. The third-order valence-electron chi connectivity index (χ3n) is 10.3. The number of cyclic esters (lactones) is 1. The number of rotatable bonds is 4. The second-order valence-electron chi connectivity index (χ2n) is 12.4. The summed E-state index contributed by atoms with van der Waals surface area (Å²) in [6.45, 7) is 12.7. The van der Waals surface area contributed by atoms with Crippen LogP contribution in [0.25, 0.3) is 0 Å². The normalized spacial score (nSPS) is 42.6. The average Bonchev–Trinajstić information content (AvgIpc) is 3.43. The molecule has 4 fully saturated rings. The van der Waals surface area contributed by atoms with E-state index in [1.807, 2.05) is 13.8 Å². The Balaban J connectivity index is 1.71. The number of ketones is 1. The van der Waals surface area contributed by atoms with Crippen LogP contribution in [0.4, 0.5) is 0 Å². The van der Waals surface area contributed by atoms with Crippen LogP contribution in [0, 0.1) is 28.1 Å². The molecule has 2 bridgehead atoms. The average molecular weight is 545 g/mol. The van der Waals surface area contributed by atoms with Crippen LogP contribution < -0.4 is 0 Å². The fourth-order valence-corrected chi connectivity index (χ4v) is 8.10. The van der Waals surface area contributed by atoms with Crippen LogP contribution in [0.5, 0.6) is 0 Å². The van der Waals surface area contributed by atoms with Gasteiger partial charge in [-0.25, -0.2) is 0 Å². The van der Waals surface area contributed by atoms with Crippen LogP contribution in [0.1, 0.15) is 65.5 Å². The van der Waals surface area contributed by atoms with Crippen molar-refractivity contribution in [2.75, 3.05) is 7.11 Å². The third-order valence-corrected chi connectivity index (χ3v) is 10.3. The van der Waals surface area contributed by atoms with E-state index in [0.29, 0.717) is 11.1 Å².